The lowest BCUT2D eigenvalue weighted by atomic mass is 9.94. The van der Waals surface area contributed by atoms with Gasteiger partial charge in [0.25, 0.3) is 0 Å². The number of carbonyl (C=O) groups is 2. The smallest absolute Gasteiger partial charge is 0.307 e. The summed E-state index contributed by atoms with van der Waals surface area (Å²) in [4.78, 5) is 23.1. The second-order valence-corrected chi connectivity index (χ2v) is 5.60. The topological polar surface area (TPSA) is 75.6 Å². The first-order valence-electron chi connectivity index (χ1n) is 6.66. The van der Waals surface area contributed by atoms with Crippen molar-refractivity contribution < 1.29 is 19.4 Å². The number of hydrogen-bond acceptors (Lipinski definition) is 3. The number of hydrogen-bond donors (Lipinski definition) is 2. The number of aliphatic carboxylic acids is 1. The molecule has 0 radical (unpaired) electrons. The summed E-state index contributed by atoms with van der Waals surface area (Å²) >= 11 is 0. The van der Waals surface area contributed by atoms with Gasteiger partial charge in [0.15, 0.2) is 0 Å². The van der Waals surface area contributed by atoms with Crippen LogP contribution in [0.4, 0.5) is 0 Å². The van der Waals surface area contributed by atoms with Gasteiger partial charge in [-0.15, -0.1) is 0 Å². The second kappa shape index (κ2) is 5.26. The summed E-state index contributed by atoms with van der Waals surface area (Å²) in [5.74, 6) is -1.86. The molecule has 3 unspecified atom stereocenters. The molecule has 1 saturated heterocycles. The summed E-state index contributed by atoms with van der Waals surface area (Å²) in [5.41, 5.74) is -0.271. The van der Waals surface area contributed by atoms with E-state index in [9.17, 15) is 9.59 Å². The van der Waals surface area contributed by atoms with Crippen LogP contribution in [0.2, 0.25) is 0 Å². The highest BCUT2D eigenvalue weighted by Crippen LogP contribution is 2.32. The average molecular weight is 255 g/mol. The van der Waals surface area contributed by atoms with Gasteiger partial charge in [-0.25, -0.2) is 0 Å². The molecule has 1 saturated carbocycles. The van der Waals surface area contributed by atoms with E-state index in [1.807, 2.05) is 6.92 Å². The number of amides is 1. The molecular weight excluding hydrogens is 234 g/mol. The summed E-state index contributed by atoms with van der Waals surface area (Å²) in [6, 6.07) is 0. The van der Waals surface area contributed by atoms with Crippen molar-refractivity contribution in [3.63, 3.8) is 0 Å². The molecule has 0 bridgehead atoms. The van der Waals surface area contributed by atoms with Gasteiger partial charge in [0.2, 0.25) is 5.91 Å². The van der Waals surface area contributed by atoms with Crippen LogP contribution in [0, 0.1) is 11.8 Å². The summed E-state index contributed by atoms with van der Waals surface area (Å²) in [7, 11) is 0. The molecular formula is C13H21NO4. The Morgan fingerprint density at radius 3 is 2.67 bits per heavy atom. The Morgan fingerprint density at radius 2 is 2.06 bits per heavy atom. The fraction of sp³-hybridized carbons (Fsp3) is 0.846. The van der Waals surface area contributed by atoms with E-state index in [4.69, 9.17) is 9.84 Å². The van der Waals surface area contributed by atoms with Crippen LogP contribution in [0.1, 0.15) is 39.0 Å². The molecule has 2 aliphatic rings. The third-order valence-corrected chi connectivity index (χ3v) is 4.11. The van der Waals surface area contributed by atoms with Crippen LogP contribution in [0.15, 0.2) is 0 Å². The van der Waals surface area contributed by atoms with E-state index in [-0.39, 0.29) is 17.4 Å². The molecule has 0 aromatic carbocycles. The molecule has 102 valence electrons. The molecule has 0 aromatic heterocycles. The number of ether oxygens (including phenoxy) is 1. The van der Waals surface area contributed by atoms with Crippen molar-refractivity contribution in [1.82, 2.24) is 5.32 Å². The van der Waals surface area contributed by atoms with Crippen LogP contribution >= 0.6 is 0 Å². The molecule has 1 aliphatic heterocycles. The Morgan fingerprint density at radius 1 is 1.33 bits per heavy atom. The monoisotopic (exact) mass is 255 g/mol. The molecule has 5 heteroatoms. The van der Waals surface area contributed by atoms with E-state index in [0.29, 0.717) is 19.4 Å². The predicted octanol–water partition coefficient (Wildman–Crippen LogP) is 1.17. The lowest BCUT2D eigenvalue weighted by Crippen LogP contribution is -2.43. The molecule has 1 amide bonds. The Bertz CT molecular complexity index is 336. The molecule has 2 rings (SSSR count). The van der Waals surface area contributed by atoms with Crippen molar-refractivity contribution in [3.8, 4) is 0 Å². The van der Waals surface area contributed by atoms with Crippen molar-refractivity contribution >= 4 is 11.9 Å². The van der Waals surface area contributed by atoms with Gasteiger partial charge in [0.1, 0.15) is 0 Å². The van der Waals surface area contributed by atoms with E-state index >= 15 is 0 Å². The fourth-order valence-corrected chi connectivity index (χ4v) is 2.95. The average Bonchev–Trinajstić information content (AvgIpc) is 2.95. The molecule has 2 N–H and O–H groups in total. The van der Waals surface area contributed by atoms with E-state index in [2.05, 4.69) is 5.32 Å². The normalized spacial score (nSPS) is 35.6. The first-order valence-corrected chi connectivity index (χ1v) is 6.66. The summed E-state index contributed by atoms with van der Waals surface area (Å²) < 4.78 is 5.60. The highest BCUT2D eigenvalue weighted by Gasteiger charge is 2.38. The van der Waals surface area contributed by atoms with Gasteiger partial charge in [-0.2, -0.15) is 0 Å². The lowest BCUT2D eigenvalue weighted by Gasteiger charge is -2.25. The Balaban J connectivity index is 1.86. The van der Waals surface area contributed by atoms with Gasteiger partial charge in [-0.1, -0.05) is 6.42 Å². The Labute approximate surface area is 107 Å². The maximum absolute atomic E-state index is 12.0. The molecule has 1 aliphatic carbocycles. The van der Waals surface area contributed by atoms with Crippen LogP contribution in [-0.4, -0.2) is 35.7 Å². The van der Waals surface area contributed by atoms with Gasteiger partial charge in [0.05, 0.1) is 17.4 Å². The largest absolute Gasteiger partial charge is 0.481 e. The first-order chi connectivity index (χ1) is 8.52. The van der Waals surface area contributed by atoms with Crippen molar-refractivity contribution in [3.05, 3.63) is 0 Å². The molecule has 1 heterocycles. The quantitative estimate of drug-likeness (QED) is 0.790. The maximum atomic E-state index is 12.0. The van der Waals surface area contributed by atoms with E-state index in [1.165, 1.54) is 0 Å². The van der Waals surface area contributed by atoms with E-state index in [0.717, 1.165) is 25.9 Å². The zero-order valence-electron chi connectivity index (χ0n) is 10.8. The minimum atomic E-state index is -0.851. The highest BCUT2D eigenvalue weighted by atomic mass is 16.5. The van der Waals surface area contributed by atoms with Crippen molar-refractivity contribution in [2.24, 2.45) is 11.8 Å². The van der Waals surface area contributed by atoms with E-state index < -0.39 is 11.9 Å². The second-order valence-electron chi connectivity index (χ2n) is 5.60. The molecule has 0 spiro atoms. The van der Waals surface area contributed by atoms with Gasteiger partial charge < -0.3 is 15.2 Å². The number of carboxylic acid groups (broad SMARTS) is 1. The lowest BCUT2D eigenvalue weighted by molar-refractivity contribution is -0.146. The molecule has 5 nitrogen and oxygen atoms in total. The van der Waals surface area contributed by atoms with Crippen LogP contribution in [-0.2, 0) is 14.3 Å². The van der Waals surface area contributed by atoms with Gasteiger partial charge >= 0.3 is 5.97 Å². The molecule has 0 aromatic rings. The summed E-state index contributed by atoms with van der Waals surface area (Å²) in [5, 5.41) is 11.9. The SMILES string of the molecule is CC1(CNC(=O)C2CCCC2C(=O)O)CCCO1. The van der Waals surface area contributed by atoms with Crippen LogP contribution in [0.25, 0.3) is 0 Å². The standard InChI is InChI=1S/C13H21NO4/c1-13(6-3-7-18-13)8-14-11(15)9-4-2-5-10(9)12(16)17/h9-10H,2-8H2,1H3,(H,14,15)(H,16,17). The molecule has 18 heavy (non-hydrogen) atoms. The Kier molecular flexibility index (Phi) is 3.90. The van der Waals surface area contributed by atoms with E-state index in [1.54, 1.807) is 0 Å². The van der Waals surface area contributed by atoms with Crippen LogP contribution in [0.3, 0.4) is 0 Å². The van der Waals surface area contributed by atoms with Crippen LogP contribution in [0.5, 0.6) is 0 Å². The third kappa shape index (κ3) is 2.83. The summed E-state index contributed by atoms with van der Waals surface area (Å²) in [6.07, 6.45) is 4.08. The first kappa shape index (κ1) is 13.3. The highest BCUT2D eigenvalue weighted by molar-refractivity contribution is 5.85. The predicted molar refractivity (Wildman–Crippen MR) is 65.1 cm³/mol. The fourth-order valence-electron chi connectivity index (χ4n) is 2.95. The molecule has 3 atom stereocenters. The minimum absolute atomic E-state index is 0.128. The minimum Gasteiger partial charge on any atom is -0.481 e. The van der Waals surface area contributed by atoms with Crippen molar-refractivity contribution in [2.45, 2.75) is 44.6 Å². The number of carboxylic acids is 1. The van der Waals surface area contributed by atoms with Gasteiger partial charge in [-0.3, -0.25) is 9.59 Å². The third-order valence-electron chi connectivity index (χ3n) is 4.11. The van der Waals surface area contributed by atoms with Crippen molar-refractivity contribution in [2.75, 3.05) is 13.2 Å². The zero-order valence-corrected chi connectivity index (χ0v) is 10.8. The van der Waals surface area contributed by atoms with Crippen LogP contribution < -0.4 is 5.32 Å². The van der Waals surface area contributed by atoms with Gasteiger partial charge in [-0.05, 0) is 32.6 Å². The van der Waals surface area contributed by atoms with Gasteiger partial charge in [0, 0.05) is 13.2 Å². The number of carbonyl (C=O) groups excluding carboxylic acids is 1. The number of rotatable bonds is 4. The molecule has 2 fully saturated rings. The number of nitrogens with one attached hydrogen (secondary N) is 1. The maximum Gasteiger partial charge on any atom is 0.307 e. The summed E-state index contributed by atoms with van der Waals surface area (Å²) in [6.45, 7) is 3.21. The van der Waals surface area contributed by atoms with Crippen molar-refractivity contribution in [1.29, 1.82) is 0 Å². The Hall–Kier alpha value is -1.10. The zero-order chi connectivity index (χ0) is 13.2.